The summed E-state index contributed by atoms with van der Waals surface area (Å²) in [5, 5.41) is 8.78. The molecule has 4 heteroatoms. The number of carboxylic acids is 1. The van der Waals surface area contributed by atoms with Crippen LogP contribution in [-0.2, 0) is 0 Å². The predicted molar refractivity (Wildman–Crippen MR) is 66.4 cm³/mol. The van der Waals surface area contributed by atoms with E-state index < -0.39 is 5.97 Å². The van der Waals surface area contributed by atoms with Gasteiger partial charge in [-0.05, 0) is 30.9 Å². The number of carbonyl (C=O) groups is 1. The number of hydrogen-bond donors (Lipinski definition) is 1. The van der Waals surface area contributed by atoms with E-state index in [1.807, 2.05) is 6.07 Å². The van der Waals surface area contributed by atoms with Crippen LogP contribution in [0.4, 0.5) is 5.69 Å². The molecule has 1 aliphatic heterocycles. The number of aromatic carboxylic acids is 1. The first-order valence-electron chi connectivity index (χ1n) is 6.15. The number of rotatable bonds is 4. The minimum absolute atomic E-state index is 0.109. The monoisotopic (exact) mass is 234 g/mol. The van der Waals surface area contributed by atoms with Gasteiger partial charge in [0.1, 0.15) is 5.69 Å². The van der Waals surface area contributed by atoms with Gasteiger partial charge in [-0.25, -0.2) is 9.78 Å². The molecule has 4 nitrogen and oxygen atoms in total. The third-order valence-electron chi connectivity index (χ3n) is 3.31. The molecule has 17 heavy (non-hydrogen) atoms. The lowest BCUT2D eigenvalue weighted by atomic mass is 10.0. The molecule has 1 unspecified atom stereocenters. The minimum atomic E-state index is -0.971. The smallest absolute Gasteiger partial charge is 0.354 e. The molecule has 0 saturated carbocycles. The van der Waals surface area contributed by atoms with Gasteiger partial charge in [0.15, 0.2) is 0 Å². The van der Waals surface area contributed by atoms with E-state index >= 15 is 0 Å². The van der Waals surface area contributed by atoms with E-state index in [1.165, 1.54) is 19.3 Å². The number of carboxylic acid groups (broad SMARTS) is 1. The van der Waals surface area contributed by atoms with Crippen LogP contribution in [0.15, 0.2) is 18.3 Å². The fraction of sp³-hybridized carbons (Fsp3) is 0.538. The fourth-order valence-corrected chi connectivity index (χ4v) is 2.41. The molecular formula is C13H18N2O2. The lowest BCUT2D eigenvalue weighted by Gasteiger charge is -2.18. The molecule has 2 heterocycles. The molecule has 1 N–H and O–H groups in total. The average Bonchev–Trinajstić information content (AvgIpc) is 2.78. The topological polar surface area (TPSA) is 53.4 Å². The van der Waals surface area contributed by atoms with Crippen LogP contribution in [0.25, 0.3) is 0 Å². The number of anilines is 1. The Morgan fingerprint density at radius 1 is 1.59 bits per heavy atom. The van der Waals surface area contributed by atoms with E-state index in [-0.39, 0.29) is 5.69 Å². The van der Waals surface area contributed by atoms with E-state index in [0.717, 1.165) is 24.7 Å². The van der Waals surface area contributed by atoms with Crippen LogP contribution >= 0.6 is 0 Å². The minimum Gasteiger partial charge on any atom is -0.477 e. The van der Waals surface area contributed by atoms with Crippen LogP contribution in [0.3, 0.4) is 0 Å². The molecule has 0 amide bonds. The molecule has 2 rings (SSSR count). The van der Waals surface area contributed by atoms with Gasteiger partial charge in [-0.15, -0.1) is 0 Å². The highest BCUT2D eigenvalue weighted by atomic mass is 16.4. The van der Waals surface area contributed by atoms with Gasteiger partial charge < -0.3 is 10.0 Å². The first-order chi connectivity index (χ1) is 8.20. The average molecular weight is 234 g/mol. The molecule has 1 aromatic rings. The van der Waals surface area contributed by atoms with E-state index in [0.29, 0.717) is 0 Å². The summed E-state index contributed by atoms with van der Waals surface area (Å²) in [4.78, 5) is 16.9. The van der Waals surface area contributed by atoms with Crippen LogP contribution in [0, 0.1) is 5.92 Å². The van der Waals surface area contributed by atoms with Crippen LogP contribution < -0.4 is 4.90 Å². The van der Waals surface area contributed by atoms with E-state index in [1.54, 1.807) is 12.3 Å². The van der Waals surface area contributed by atoms with Crippen molar-refractivity contribution in [1.29, 1.82) is 0 Å². The van der Waals surface area contributed by atoms with Crippen molar-refractivity contribution in [2.75, 3.05) is 18.0 Å². The molecule has 1 atom stereocenters. The van der Waals surface area contributed by atoms with E-state index in [2.05, 4.69) is 16.8 Å². The quantitative estimate of drug-likeness (QED) is 0.869. The maximum atomic E-state index is 10.7. The van der Waals surface area contributed by atoms with Crippen LogP contribution in [0.2, 0.25) is 0 Å². The number of hydrogen-bond acceptors (Lipinski definition) is 3. The summed E-state index contributed by atoms with van der Waals surface area (Å²) in [7, 11) is 0. The predicted octanol–water partition coefficient (Wildman–Crippen LogP) is 2.41. The summed E-state index contributed by atoms with van der Waals surface area (Å²) in [5.74, 6) is -0.194. The second kappa shape index (κ2) is 5.17. The number of aromatic nitrogens is 1. The number of nitrogens with zero attached hydrogens (tertiary/aromatic N) is 2. The first kappa shape index (κ1) is 11.9. The third-order valence-corrected chi connectivity index (χ3v) is 3.31. The summed E-state index contributed by atoms with van der Waals surface area (Å²) >= 11 is 0. The van der Waals surface area contributed by atoms with Gasteiger partial charge in [-0.2, -0.15) is 0 Å². The summed E-state index contributed by atoms with van der Waals surface area (Å²) in [5.41, 5.74) is 1.15. The molecule has 0 bridgehead atoms. The van der Waals surface area contributed by atoms with Gasteiger partial charge in [0.05, 0.1) is 11.9 Å². The highest BCUT2D eigenvalue weighted by Gasteiger charge is 2.22. The van der Waals surface area contributed by atoms with Gasteiger partial charge in [-0.1, -0.05) is 13.3 Å². The third kappa shape index (κ3) is 2.75. The molecule has 0 aromatic carbocycles. The molecule has 1 saturated heterocycles. The van der Waals surface area contributed by atoms with Crippen molar-refractivity contribution in [1.82, 2.24) is 4.98 Å². The maximum Gasteiger partial charge on any atom is 0.354 e. The SMILES string of the molecule is CCCC1CCN(c2ccc(C(=O)O)nc2)C1. The van der Waals surface area contributed by atoms with Crippen molar-refractivity contribution in [3.05, 3.63) is 24.0 Å². The number of pyridine rings is 1. The van der Waals surface area contributed by atoms with Crippen molar-refractivity contribution < 1.29 is 9.90 Å². The van der Waals surface area contributed by atoms with Crippen molar-refractivity contribution in [2.24, 2.45) is 5.92 Å². The Morgan fingerprint density at radius 3 is 3.00 bits per heavy atom. The Bertz CT molecular complexity index is 389. The molecule has 92 valence electrons. The standard InChI is InChI=1S/C13H18N2O2/c1-2-3-10-6-7-15(9-10)11-4-5-12(13(16)17)14-8-11/h4-5,8,10H,2-3,6-7,9H2,1H3,(H,16,17). The van der Waals surface area contributed by atoms with Crippen LogP contribution in [0.5, 0.6) is 0 Å². The van der Waals surface area contributed by atoms with E-state index in [4.69, 9.17) is 5.11 Å². The lowest BCUT2D eigenvalue weighted by Crippen LogP contribution is -2.20. The Labute approximate surface area is 101 Å². The van der Waals surface area contributed by atoms with Gasteiger partial charge in [-0.3, -0.25) is 0 Å². The summed E-state index contributed by atoms with van der Waals surface area (Å²) < 4.78 is 0. The van der Waals surface area contributed by atoms with Crippen molar-refractivity contribution in [3.8, 4) is 0 Å². The Hall–Kier alpha value is -1.58. The molecule has 0 spiro atoms. The largest absolute Gasteiger partial charge is 0.477 e. The highest BCUT2D eigenvalue weighted by molar-refractivity contribution is 5.85. The Morgan fingerprint density at radius 2 is 2.41 bits per heavy atom. The van der Waals surface area contributed by atoms with Gasteiger partial charge in [0, 0.05) is 13.1 Å². The molecule has 1 aliphatic rings. The molecule has 0 aliphatic carbocycles. The zero-order valence-corrected chi connectivity index (χ0v) is 10.1. The van der Waals surface area contributed by atoms with Crippen molar-refractivity contribution >= 4 is 11.7 Å². The van der Waals surface area contributed by atoms with Crippen LogP contribution in [-0.4, -0.2) is 29.1 Å². The molecular weight excluding hydrogens is 216 g/mol. The Kier molecular flexibility index (Phi) is 3.61. The normalized spacial score (nSPS) is 19.6. The zero-order chi connectivity index (χ0) is 12.3. The first-order valence-corrected chi connectivity index (χ1v) is 6.15. The van der Waals surface area contributed by atoms with Gasteiger partial charge in [0.25, 0.3) is 0 Å². The second-order valence-corrected chi connectivity index (χ2v) is 4.60. The summed E-state index contributed by atoms with van der Waals surface area (Å²) in [6.07, 6.45) is 5.40. The lowest BCUT2D eigenvalue weighted by molar-refractivity contribution is 0.0690. The second-order valence-electron chi connectivity index (χ2n) is 4.60. The highest BCUT2D eigenvalue weighted by Crippen LogP contribution is 2.25. The van der Waals surface area contributed by atoms with Crippen LogP contribution in [0.1, 0.15) is 36.7 Å². The van der Waals surface area contributed by atoms with Crippen molar-refractivity contribution in [3.63, 3.8) is 0 Å². The Balaban J connectivity index is 2.01. The van der Waals surface area contributed by atoms with E-state index in [9.17, 15) is 4.79 Å². The van der Waals surface area contributed by atoms with Gasteiger partial charge >= 0.3 is 5.97 Å². The van der Waals surface area contributed by atoms with Crippen molar-refractivity contribution in [2.45, 2.75) is 26.2 Å². The summed E-state index contributed by atoms with van der Waals surface area (Å²) in [6, 6.07) is 3.43. The molecule has 0 radical (unpaired) electrons. The molecule has 1 aromatic heterocycles. The molecule has 1 fully saturated rings. The fourth-order valence-electron chi connectivity index (χ4n) is 2.41. The van der Waals surface area contributed by atoms with Gasteiger partial charge in [0.2, 0.25) is 0 Å². The summed E-state index contributed by atoms with van der Waals surface area (Å²) in [6.45, 7) is 4.34. The maximum absolute atomic E-state index is 10.7. The zero-order valence-electron chi connectivity index (χ0n) is 10.1.